The van der Waals surface area contributed by atoms with Crippen molar-refractivity contribution in [3.63, 3.8) is 0 Å². The largest absolute Gasteiger partial charge is 0.511 e. The maximum Gasteiger partial charge on any atom is 0.181 e. The molecule has 4 rings (SSSR count). The van der Waals surface area contributed by atoms with E-state index in [0.717, 1.165) is 0 Å². The summed E-state index contributed by atoms with van der Waals surface area (Å²) in [7, 11) is 0. The van der Waals surface area contributed by atoms with Gasteiger partial charge in [-0.25, -0.2) is 0 Å². The van der Waals surface area contributed by atoms with Gasteiger partial charge in [0.05, 0.1) is 17.7 Å². The van der Waals surface area contributed by atoms with Crippen LogP contribution in [-0.2, 0) is 4.74 Å². The zero-order valence-electron chi connectivity index (χ0n) is 14.5. The number of carbonyl (C=O) groups is 1. The van der Waals surface area contributed by atoms with Crippen LogP contribution >= 0.6 is 0 Å². The lowest BCUT2D eigenvalue weighted by Gasteiger charge is -2.42. The van der Waals surface area contributed by atoms with Gasteiger partial charge in [0.15, 0.2) is 5.78 Å². The molecular weight excluding hydrogens is 372 g/mol. The average Bonchev–Trinajstić information content (AvgIpc) is 2.67. The van der Waals surface area contributed by atoms with Crippen LogP contribution in [0, 0.1) is 5.92 Å². The Morgan fingerprint density at radius 3 is 2.43 bits per heavy atom. The van der Waals surface area contributed by atoms with E-state index in [1.165, 1.54) is 6.08 Å². The summed E-state index contributed by atoms with van der Waals surface area (Å²) in [4.78, 5) is 12.9. The van der Waals surface area contributed by atoms with Gasteiger partial charge >= 0.3 is 0 Å². The Morgan fingerprint density at radius 1 is 1.00 bits per heavy atom. The predicted octanol–water partition coefficient (Wildman–Crippen LogP) is -0.644. The lowest BCUT2D eigenvalue weighted by Crippen LogP contribution is -2.59. The van der Waals surface area contributed by atoms with Crippen molar-refractivity contribution in [1.29, 1.82) is 0 Å². The highest BCUT2D eigenvalue weighted by atomic mass is 16.5. The molecule has 150 valence electrons. The zero-order chi connectivity index (χ0) is 20.2. The Morgan fingerprint density at radius 2 is 1.71 bits per heavy atom. The van der Waals surface area contributed by atoms with E-state index in [2.05, 4.69) is 0 Å². The normalized spacial score (nSPS) is 37.6. The zero-order valence-corrected chi connectivity index (χ0v) is 14.5. The van der Waals surface area contributed by atoms with E-state index in [9.17, 15) is 35.4 Å². The van der Waals surface area contributed by atoms with Crippen LogP contribution in [-0.4, -0.2) is 79.7 Å². The van der Waals surface area contributed by atoms with Crippen LogP contribution in [0.2, 0.25) is 0 Å². The number of Topliss-reactive ketones (excluding diaryl/α,β-unsaturated/α-hetero) is 1. The molecular formula is C19H20O9. The molecule has 0 bridgehead atoms. The van der Waals surface area contributed by atoms with Gasteiger partial charge in [0, 0.05) is 0 Å². The number of ether oxygens (including phenoxy) is 2. The van der Waals surface area contributed by atoms with Gasteiger partial charge in [0.2, 0.25) is 0 Å². The van der Waals surface area contributed by atoms with Crippen LogP contribution in [0.5, 0.6) is 5.75 Å². The Kier molecular flexibility index (Phi) is 4.64. The third-order valence-electron chi connectivity index (χ3n) is 5.37. The minimum atomic E-state index is -1.71. The molecule has 1 aliphatic carbocycles. The van der Waals surface area contributed by atoms with Crippen molar-refractivity contribution in [2.24, 2.45) is 5.92 Å². The lowest BCUT2D eigenvalue weighted by molar-refractivity contribution is -0.220. The Bertz CT molecular complexity index is 859. The Hall–Kier alpha value is -2.43. The molecule has 0 spiro atoms. The van der Waals surface area contributed by atoms with Gasteiger partial charge in [0.1, 0.15) is 59.8 Å². The van der Waals surface area contributed by atoms with Gasteiger partial charge in [-0.1, -0.05) is 12.1 Å². The van der Waals surface area contributed by atoms with Crippen molar-refractivity contribution in [2.45, 2.75) is 36.6 Å². The molecule has 1 saturated heterocycles. The van der Waals surface area contributed by atoms with Crippen LogP contribution in [0.15, 0.2) is 47.4 Å². The number of hydrogen-bond acceptors (Lipinski definition) is 9. The standard InChI is InChI=1S/C19H20O9/c20-6-11-15(23)17(25)18(26)19(28-11)12-8(21)5-10-13(16(12)24)14(22)7-3-1-2-4-9(7)27-10/h1-5,10-11,13,15,17-21,23-26H,6H2/t10-,11-,13+,15-,17-,18+,19+/m1/s1. The van der Waals surface area contributed by atoms with Crippen LogP contribution in [0.25, 0.3) is 0 Å². The van der Waals surface area contributed by atoms with Gasteiger partial charge in [0.25, 0.3) is 0 Å². The van der Waals surface area contributed by atoms with E-state index in [1.54, 1.807) is 24.3 Å². The molecule has 9 heteroatoms. The highest BCUT2D eigenvalue weighted by Crippen LogP contribution is 2.41. The molecule has 7 atom stereocenters. The van der Waals surface area contributed by atoms with Crippen LogP contribution in [0.4, 0.5) is 0 Å². The number of carbonyl (C=O) groups excluding carboxylic acids is 1. The van der Waals surface area contributed by atoms with E-state index in [-0.39, 0.29) is 11.1 Å². The molecule has 9 nitrogen and oxygen atoms in total. The van der Waals surface area contributed by atoms with E-state index < -0.39 is 66.5 Å². The molecule has 0 saturated carbocycles. The summed E-state index contributed by atoms with van der Waals surface area (Å²) in [6, 6.07) is 6.48. The average molecular weight is 392 g/mol. The summed E-state index contributed by atoms with van der Waals surface area (Å²) in [5, 5.41) is 60.8. The molecule has 0 radical (unpaired) electrons. The fraction of sp³-hybridized carbons (Fsp3) is 0.421. The molecule has 0 aromatic heterocycles. The second-order valence-corrected chi connectivity index (χ2v) is 7.02. The smallest absolute Gasteiger partial charge is 0.181 e. The SMILES string of the molecule is O=C1c2ccccc2O[C@@H]2C=C(O)C([C@@H]3O[C@H](CO)[C@@H](O)[C@@H](O)[C@@H]3O)=C(O)[C@H]12. The predicted molar refractivity (Wildman–Crippen MR) is 92.8 cm³/mol. The number of ketones is 1. The molecule has 0 unspecified atom stereocenters. The Balaban J connectivity index is 1.75. The van der Waals surface area contributed by atoms with Crippen molar-refractivity contribution in [3.05, 3.63) is 53.0 Å². The van der Waals surface area contributed by atoms with E-state index in [4.69, 9.17) is 9.47 Å². The minimum Gasteiger partial charge on any atom is -0.511 e. The second-order valence-electron chi connectivity index (χ2n) is 7.02. The number of hydrogen-bond donors (Lipinski definition) is 6. The van der Waals surface area contributed by atoms with Gasteiger partial charge in [-0.2, -0.15) is 0 Å². The van der Waals surface area contributed by atoms with Crippen LogP contribution in [0.3, 0.4) is 0 Å². The highest BCUT2D eigenvalue weighted by Gasteiger charge is 2.50. The van der Waals surface area contributed by atoms with E-state index >= 15 is 0 Å². The molecule has 1 fully saturated rings. The van der Waals surface area contributed by atoms with Crippen molar-refractivity contribution in [3.8, 4) is 5.75 Å². The monoisotopic (exact) mass is 392 g/mol. The van der Waals surface area contributed by atoms with Crippen molar-refractivity contribution in [1.82, 2.24) is 0 Å². The molecule has 1 aromatic carbocycles. The quantitative estimate of drug-likeness (QED) is 0.385. The number of rotatable bonds is 2. The summed E-state index contributed by atoms with van der Waals surface area (Å²) in [6.07, 6.45) is -7.45. The maximum absolute atomic E-state index is 12.9. The number of benzene rings is 1. The van der Waals surface area contributed by atoms with Gasteiger partial charge in [-0.15, -0.1) is 0 Å². The third kappa shape index (κ3) is 2.71. The summed E-state index contributed by atoms with van der Waals surface area (Å²) >= 11 is 0. The molecule has 0 amide bonds. The Labute approximate surface area is 159 Å². The van der Waals surface area contributed by atoms with Crippen LogP contribution < -0.4 is 4.74 Å². The minimum absolute atomic E-state index is 0.262. The van der Waals surface area contributed by atoms with Crippen LogP contribution in [0.1, 0.15) is 10.4 Å². The first kappa shape index (κ1) is 18.9. The molecule has 3 aliphatic rings. The maximum atomic E-state index is 12.9. The fourth-order valence-electron chi connectivity index (χ4n) is 3.89. The third-order valence-corrected chi connectivity index (χ3v) is 5.37. The first-order chi connectivity index (χ1) is 13.3. The first-order valence-electron chi connectivity index (χ1n) is 8.79. The van der Waals surface area contributed by atoms with E-state index in [0.29, 0.717) is 5.75 Å². The first-order valence-corrected chi connectivity index (χ1v) is 8.79. The summed E-state index contributed by atoms with van der Waals surface area (Å²) in [5.41, 5.74) is -0.0345. The van der Waals surface area contributed by atoms with Gasteiger partial charge in [-0.3, -0.25) is 4.79 Å². The molecule has 2 heterocycles. The topological polar surface area (TPSA) is 157 Å². The summed E-state index contributed by atoms with van der Waals surface area (Å²) < 4.78 is 11.1. The number of aliphatic hydroxyl groups excluding tert-OH is 6. The number of fused-ring (bicyclic) bond motifs is 2. The number of aliphatic hydroxyl groups is 6. The fourth-order valence-corrected chi connectivity index (χ4v) is 3.89. The molecule has 1 aromatic rings. The molecule has 28 heavy (non-hydrogen) atoms. The summed E-state index contributed by atoms with van der Waals surface area (Å²) in [5.74, 6) is -2.34. The van der Waals surface area contributed by atoms with Crippen molar-refractivity contribution in [2.75, 3.05) is 6.61 Å². The van der Waals surface area contributed by atoms with Gasteiger partial charge < -0.3 is 40.1 Å². The highest BCUT2D eigenvalue weighted by molar-refractivity contribution is 6.03. The van der Waals surface area contributed by atoms with Crippen molar-refractivity contribution >= 4 is 5.78 Å². The molecule has 2 aliphatic heterocycles. The summed E-state index contributed by atoms with van der Waals surface area (Å²) in [6.45, 7) is -0.665. The van der Waals surface area contributed by atoms with E-state index in [1.807, 2.05) is 0 Å². The lowest BCUT2D eigenvalue weighted by atomic mass is 9.79. The van der Waals surface area contributed by atoms with Crippen molar-refractivity contribution < 1.29 is 44.9 Å². The van der Waals surface area contributed by atoms with Gasteiger partial charge in [-0.05, 0) is 18.2 Å². The molecule has 6 N–H and O–H groups in total. The number of para-hydroxylation sites is 1. The second kappa shape index (κ2) is 6.87.